The van der Waals surface area contributed by atoms with E-state index in [1.54, 1.807) is 33.8 Å². The standard InChI is InChI=1S/C27H40N4O5/c1-18(2)12-22(25(33)30-23(28)10-11-29-17-27(5,6)35)31-16-21(14-24(31)32)36-20-9-7-8-19(13-20)15-26(3,4)34/h7-11,13-14,18,22,29,34-35H,12,15-17H2,1-6H3,(H2,28,30,33)/b11-10-/t22-/m0/s1. The first kappa shape index (κ1) is 29.1. The zero-order valence-electron chi connectivity index (χ0n) is 22.1. The van der Waals surface area contributed by atoms with Crippen molar-refractivity contribution < 1.29 is 24.5 Å². The lowest BCUT2D eigenvalue weighted by molar-refractivity contribution is -0.135. The number of benzene rings is 1. The molecule has 0 unspecified atom stereocenters. The number of ether oxygens (including phenoxy) is 1. The van der Waals surface area contributed by atoms with Gasteiger partial charge in [0.1, 0.15) is 23.4 Å². The van der Waals surface area contributed by atoms with Crippen LogP contribution in [0.25, 0.3) is 0 Å². The van der Waals surface area contributed by atoms with E-state index < -0.39 is 23.2 Å². The van der Waals surface area contributed by atoms with Crippen molar-refractivity contribution >= 4 is 17.6 Å². The number of nitrogens with zero attached hydrogens (tertiary/aromatic N) is 1. The molecule has 5 N–H and O–H groups in total. The van der Waals surface area contributed by atoms with Crippen molar-refractivity contribution in [2.45, 2.75) is 71.6 Å². The number of nitrogens with one attached hydrogen (secondary N) is 3. The molecule has 9 nitrogen and oxygen atoms in total. The summed E-state index contributed by atoms with van der Waals surface area (Å²) >= 11 is 0. The number of amides is 2. The molecule has 1 aromatic rings. The van der Waals surface area contributed by atoms with Crippen LogP contribution in [0.5, 0.6) is 5.75 Å². The smallest absolute Gasteiger partial charge is 0.251 e. The van der Waals surface area contributed by atoms with Gasteiger partial charge in [-0.05, 0) is 63.8 Å². The molecule has 1 atom stereocenters. The summed E-state index contributed by atoms with van der Waals surface area (Å²) < 4.78 is 5.94. The summed E-state index contributed by atoms with van der Waals surface area (Å²) in [5.74, 6) is 0.205. The number of hydrogen-bond acceptors (Lipinski definition) is 7. The first-order valence-corrected chi connectivity index (χ1v) is 12.1. The van der Waals surface area contributed by atoms with Crippen LogP contribution in [0, 0.1) is 11.3 Å². The second-order valence-electron chi connectivity index (χ2n) is 10.9. The van der Waals surface area contributed by atoms with Crippen LogP contribution < -0.4 is 15.4 Å². The predicted molar refractivity (Wildman–Crippen MR) is 139 cm³/mol. The highest BCUT2D eigenvalue weighted by Gasteiger charge is 2.35. The summed E-state index contributed by atoms with van der Waals surface area (Å²) in [6.45, 7) is 11.1. The van der Waals surface area contributed by atoms with Crippen LogP contribution in [0.15, 0.2) is 48.4 Å². The van der Waals surface area contributed by atoms with E-state index >= 15 is 0 Å². The highest BCUT2D eigenvalue weighted by Crippen LogP contribution is 2.24. The quantitative estimate of drug-likeness (QED) is 0.221. The molecule has 1 aliphatic heterocycles. The van der Waals surface area contributed by atoms with Crippen LogP contribution in [-0.2, 0) is 16.0 Å². The maximum atomic E-state index is 13.0. The van der Waals surface area contributed by atoms with Crippen molar-refractivity contribution in [3.63, 3.8) is 0 Å². The Morgan fingerprint density at radius 2 is 1.92 bits per heavy atom. The third-order valence-corrected chi connectivity index (χ3v) is 5.21. The van der Waals surface area contributed by atoms with Crippen LogP contribution in [0.2, 0.25) is 0 Å². The molecule has 0 saturated heterocycles. The Labute approximate surface area is 213 Å². The molecular weight excluding hydrogens is 460 g/mol. The molecule has 0 radical (unpaired) electrons. The molecule has 0 bridgehead atoms. The molecule has 0 aromatic heterocycles. The van der Waals surface area contributed by atoms with E-state index in [-0.39, 0.29) is 30.8 Å². The van der Waals surface area contributed by atoms with Crippen molar-refractivity contribution in [3.05, 3.63) is 53.9 Å². The summed E-state index contributed by atoms with van der Waals surface area (Å²) in [4.78, 5) is 27.3. The normalized spacial score (nSPS) is 15.3. The van der Waals surface area contributed by atoms with Gasteiger partial charge < -0.3 is 30.5 Å². The van der Waals surface area contributed by atoms with E-state index in [9.17, 15) is 19.8 Å². The monoisotopic (exact) mass is 500 g/mol. The van der Waals surface area contributed by atoms with E-state index in [0.717, 1.165) is 5.56 Å². The van der Waals surface area contributed by atoms with Crippen molar-refractivity contribution in [2.24, 2.45) is 5.92 Å². The van der Waals surface area contributed by atoms with Gasteiger partial charge in [-0.2, -0.15) is 0 Å². The van der Waals surface area contributed by atoms with Crippen LogP contribution in [0.3, 0.4) is 0 Å². The second kappa shape index (κ2) is 12.2. The number of hydrogen-bond donors (Lipinski definition) is 5. The number of aliphatic hydroxyl groups is 2. The van der Waals surface area contributed by atoms with E-state index in [1.165, 1.54) is 23.3 Å². The fraction of sp³-hybridized carbons (Fsp3) is 0.519. The van der Waals surface area contributed by atoms with Crippen LogP contribution in [0.4, 0.5) is 0 Å². The van der Waals surface area contributed by atoms with Gasteiger partial charge in [0.05, 0.1) is 17.7 Å². The van der Waals surface area contributed by atoms with E-state index in [1.807, 2.05) is 32.0 Å². The third-order valence-electron chi connectivity index (χ3n) is 5.21. The van der Waals surface area contributed by atoms with Crippen LogP contribution in [-0.4, -0.2) is 63.1 Å². The van der Waals surface area contributed by atoms with Crippen LogP contribution in [0.1, 0.15) is 53.5 Å². The molecule has 0 aliphatic carbocycles. The van der Waals surface area contributed by atoms with Gasteiger partial charge in [-0.15, -0.1) is 0 Å². The summed E-state index contributed by atoms with van der Waals surface area (Å²) in [6, 6.07) is 6.56. The molecule has 0 saturated carbocycles. The van der Waals surface area contributed by atoms with Gasteiger partial charge in [0.25, 0.3) is 5.91 Å². The number of carbonyl (C=O) groups is 2. The first-order valence-electron chi connectivity index (χ1n) is 12.1. The Hall–Kier alpha value is -3.17. The number of amidine groups is 1. The van der Waals surface area contributed by atoms with Gasteiger partial charge in [0, 0.05) is 25.2 Å². The lowest BCUT2D eigenvalue weighted by atomic mass is 9.99. The van der Waals surface area contributed by atoms with Crippen molar-refractivity contribution in [2.75, 3.05) is 13.1 Å². The predicted octanol–water partition coefficient (Wildman–Crippen LogP) is 2.49. The molecule has 1 aliphatic rings. The molecule has 2 rings (SSSR count). The molecule has 9 heteroatoms. The zero-order valence-corrected chi connectivity index (χ0v) is 22.1. The molecule has 0 fully saturated rings. The van der Waals surface area contributed by atoms with Crippen molar-refractivity contribution in [1.82, 2.24) is 15.5 Å². The average Bonchev–Trinajstić information content (AvgIpc) is 3.07. The largest absolute Gasteiger partial charge is 0.460 e. The lowest BCUT2D eigenvalue weighted by Crippen LogP contribution is -2.49. The van der Waals surface area contributed by atoms with Gasteiger partial charge in [-0.1, -0.05) is 26.0 Å². The van der Waals surface area contributed by atoms with Crippen LogP contribution >= 0.6 is 0 Å². The molecule has 198 valence electrons. The number of rotatable bonds is 12. The van der Waals surface area contributed by atoms with Gasteiger partial charge in [0.15, 0.2) is 0 Å². The molecule has 2 amide bonds. The maximum absolute atomic E-state index is 13.0. The number of carbonyl (C=O) groups excluding carboxylic acids is 2. The summed E-state index contributed by atoms with van der Waals surface area (Å²) in [5, 5.41) is 33.3. The minimum Gasteiger partial charge on any atom is -0.460 e. The Kier molecular flexibility index (Phi) is 9.84. The average molecular weight is 501 g/mol. The van der Waals surface area contributed by atoms with Gasteiger partial charge in [0.2, 0.25) is 5.91 Å². The molecule has 0 spiro atoms. The maximum Gasteiger partial charge on any atom is 0.251 e. The minimum atomic E-state index is -0.905. The Balaban J connectivity index is 2.04. The van der Waals surface area contributed by atoms with E-state index in [0.29, 0.717) is 24.4 Å². The Bertz CT molecular complexity index is 1000. The molecular formula is C27H40N4O5. The fourth-order valence-corrected chi connectivity index (χ4v) is 3.74. The topological polar surface area (TPSA) is 135 Å². The Morgan fingerprint density at radius 3 is 2.53 bits per heavy atom. The SMILES string of the molecule is CC(C)C[C@@H](C(=O)NC(=N)/C=C\NCC(C)(C)O)N1CC(Oc2cccc(CC(C)(C)O)c2)=CC1=O. The fourth-order valence-electron chi connectivity index (χ4n) is 3.74. The summed E-state index contributed by atoms with van der Waals surface area (Å²) in [7, 11) is 0. The highest BCUT2D eigenvalue weighted by atomic mass is 16.5. The third kappa shape index (κ3) is 10.2. The second-order valence-corrected chi connectivity index (χ2v) is 10.9. The van der Waals surface area contributed by atoms with E-state index in [4.69, 9.17) is 10.1 Å². The molecule has 1 heterocycles. The zero-order chi connectivity index (χ0) is 27.1. The van der Waals surface area contributed by atoms with Gasteiger partial charge in [-0.25, -0.2) is 0 Å². The molecule has 1 aromatic carbocycles. The summed E-state index contributed by atoms with van der Waals surface area (Å²) in [5.41, 5.74) is -0.857. The first-order chi connectivity index (χ1) is 16.6. The minimum absolute atomic E-state index is 0.128. The van der Waals surface area contributed by atoms with Gasteiger partial charge >= 0.3 is 0 Å². The highest BCUT2D eigenvalue weighted by molar-refractivity contribution is 6.05. The lowest BCUT2D eigenvalue weighted by Gasteiger charge is -2.28. The summed E-state index contributed by atoms with van der Waals surface area (Å²) in [6.07, 6.45) is 5.13. The van der Waals surface area contributed by atoms with Crippen molar-refractivity contribution in [3.8, 4) is 5.75 Å². The molecule has 36 heavy (non-hydrogen) atoms. The Morgan fingerprint density at radius 1 is 1.22 bits per heavy atom. The van der Waals surface area contributed by atoms with Gasteiger partial charge in [-0.3, -0.25) is 15.0 Å². The van der Waals surface area contributed by atoms with E-state index in [2.05, 4.69) is 10.6 Å². The van der Waals surface area contributed by atoms with Crippen molar-refractivity contribution in [1.29, 1.82) is 5.41 Å².